The van der Waals surface area contributed by atoms with Crippen LogP contribution in [0.15, 0.2) is 11.5 Å². The van der Waals surface area contributed by atoms with E-state index in [2.05, 4.69) is 14.9 Å². The molecule has 0 unspecified atom stereocenters. The highest BCUT2D eigenvalue weighted by Gasteiger charge is 2.15. The molecule has 0 aromatic carbocycles. The maximum atomic E-state index is 11.0. The van der Waals surface area contributed by atoms with Crippen molar-refractivity contribution in [3.63, 3.8) is 0 Å². The van der Waals surface area contributed by atoms with Crippen molar-refractivity contribution in [3.05, 3.63) is 6.33 Å². The van der Waals surface area contributed by atoms with Crippen molar-refractivity contribution >= 4 is 17.7 Å². The molecule has 1 aromatic heterocycles. The third kappa shape index (κ3) is 2.71. The molecule has 0 spiro atoms. The Labute approximate surface area is 85.8 Å². The quantitative estimate of drug-likeness (QED) is 0.535. The van der Waals surface area contributed by atoms with Crippen LogP contribution in [0.1, 0.15) is 0 Å². The summed E-state index contributed by atoms with van der Waals surface area (Å²) in [5.41, 5.74) is 5.54. The molecule has 0 amide bonds. The van der Waals surface area contributed by atoms with Crippen molar-refractivity contribution in [1.82, 2.24) is 14.8 Å². The second-order valence-electron chi connectivity index (χ2n) is 2.67. The van der Waals surface area contributed by atoms with Crippen LogP contribution < -0.4 is 5.73 Å². The summed E-state index contributed by atoms with van der Waals surface area (Å²) < 4.78 is 6.25. The zero-order valence-electron chi connectivity index (χ0n) is 8.01. The van der Waals surface area contributed by atoms with Gasteiger partial charge < -0.3 is 15.0 Å². The number of nitrogens with zero attached hydrogens (tertiary/aromatic N) is 3. The summed E-state index contributed by atoms with van der Waals surface area (Å²) in [7, 11) is 3.14. The maximum absolute atomic E-state index is 11.0. The number of rotatable bonds is 4. The number of nitrogens with two attached hydrogens (primary N) is 1. The molecule has 0 bridgehead atoms. The van der Waals surface area contributed by atoms with Gasteiger partial charge in [-0.1, -0.05) is 11.8 Å². The van der Waals surface area contributed by atoms with Gasteiger partial charge in [-0.25, -0.2) is 0 Å². The molecule has 78 valence electrons. The van der Waals surface area contributed by atoms with Gasteiger partial charge in [0.05, 0.1) is 7.11 Å². The van der Waals surface area contributed by atoms with Crippen molar-refractivity contribution in [2.75, 3.05) is 12.9 Å². The Kier molecular flexibility index (Phi) is 3.90. The first-order chi connectivity index (χ1) is 6.65. The summed E-state index contributed by atoms with van der Waals surface area (Å²) in [6.45, 7) is 0. The highest BCUT2D eigenvalue weighted by molar-refractivity contribution is 7.99. The van der Waals surface area contributed by atoms with Crippen LogP contribution in [-0.2, 0) is 16.6 Å². The fraction of sp³-hybridized carbons (Fsp3) is 0.571. The molecule has 1 heterocycles. The molecule has 7 heteroatoms. The van der Waals surface area contributed by atoms with Gasteiger partial charge in [-0.05, 0) is 0 Å². The van der Waals surface area contributed by atoms with Gasteiger partial charge in [0.2, 0.25) is 0 Å². The van der Waals surface area contributed by atoms with Gasteiger partial charge in [0.25, 0.3) is 0 Å². The molecule has 0 aliphatic carbocycles. The normalized spacial score (nSPS) is 12.5. The number of methoxy groups -OCH3 is 1. The van der Waals surface area contributed by atoms with E-state index in [-0.39, 0.29) is 0 Å². The van der Waals surface area contributed by atoms with Crippen molar-refractivity contribution in [2.45, 2.75) is 11.2 Å². The molecule has 1 aromatic rings. The number of thioether (sulfide) groups is 1. The molecule has 1 rings (SSSR count). The summed E-state index contributed by atoms with van der Waals surface area (Å²) in [5, 5.41) is 8.27. The number of carbonyl (C=O) groups excluding carboxylic acids is 1. The van der Waals surface area contributed by atoms with Crippen LogP contribution in [0.2, 0.25) is 0 Å². The van der Waals surface area contributed by atoms with Gasteiger partial charge in [0, 0.05) is 12.8 Å². The Morgan fingerprint density at radius 2 is 2.57 bits per heavy atom. The molecule has 6 nitrogen and oxygen atoms in total. The Hall–Kier alpha value is -1.08. The van der Waals surface area contributed by atoms with E-state index in [9.17, 15) is 4.79 Å². The average molecular weight is 216 g/mol. The van der Waals surface area contributed by atoms with E-state index in [4.69, 9.17) is 5.73 Å². The van der Waals surface area contributed by atoms with E-state index in [0.29, 0.717) is 5.75 Å². The van der Waals surface area contributed by atoms with E-state index in [1.54, 1.807) is 10.9 Å². The van der Waals surface area contributed by atoms with Crippen LogP contribution in [0.25, 0.3) is 0 Å². The number of aromatic nitrogens is 3. The van der Waals surface area contributed by atoms with E-state index in [1.807, 2.05) is 7.05 Å². The number of ether oxygens (including phenoxy) is 1. The summed E-state index contributed by atoms with van der Waals surface area (Å²) in [6, 6.07) is -0.623. The lowest BCUT2D eigenvalue weighted by atomic mass is 10.4. The average Bonchev–Trinajstić information content (AvgIpc) is 2.59. The number of hydrogen-bond acceptors (Lipinski definition) is 6. The zero-order valence-corrected chi connectivity index (χ0v) is 8.82. The van der Waals surface area contributed by atoms with Gasteiger partial charge in [-0.2, -0.15) is 0 Å². The van der Waals surface area contributed by atoms with Gasteiger partial charge in [0.1, 0.15) is 12.4 Å². The monoisotopic (exact) mass is 216 g/mol. The van der Waals surface area contributed by atoms with E-state index >= 15 is 0 Å². The third-order valence-corrected chi connectivity index (χ3v) is 2.72. The van der Waals surface area contributed by atoms with Crippen molar-refractivity contribution < 1.29 is 9.53 Å². The van der Waals surface area contributed by atoms with E-state index in [0.717, 1.165) is 5.16 Å². The fourth-order valence-corrected chi connectivity index (χ4v) is 1.61. The summed E-state index contributed by atoms with van der Waals surface area (Å²) >= 11 is 1.37. The topological polar surface area (TPSA) is 83.0 Å². The second kappa shape index (κ2) is 4.97. The van der Waals surface area contributed by atoms with Crippen LogP contribution in [0.3, 0.4) is 0 Å². The molecular formula is C7H12N4O2S. The minimum absolute atomic E-state index is 0.417. The Morgan fingerprint density at radius 1 is 1.86 bits per heavy atom. The van der Waals surface area contributed by atoms with Gasteiger partial charge in [0.15, 0.2) is 5.16 Å². The Balaban J connectivity index is 2.41. The van der Waals surface area contributed by atoms with Crippen molar-refractivity contribution in [1.29, 1.82) is 0 Å². The van der Waals surface area contributed by atoms with Crippen LogP contribution in [0.5, 0.6) is 0 Å². The molecule has 0 saturated carbocycles. The Bertz CT molecular complexity index is 314. The standard InChI is InChI=1S/C7H12N4O2S/c1-11-4-9-10-7(11)14-3-5(8)6(12)13-2/h4-5H,3,8H2,1-2H3/t5-/m0/s1. The molecule has 0 aliphatic heterocycles. The minimum Gasteiger partial charge on any atom is -0.468 e. The highest BCUT2D eigenvalue weighted by atomic mass is 32.2. The van der Waals surface area contributed by atoms with Crippen molar-refractivity contribution in [3.8, 4) is 0 Å². The predicted molar refractivity (Wildman–Crippen MR) is 51.7 cm³/mol. The number of esters is 1. The molecule has 0 saturated heterocycles. The van der Waals surface area contributed by atoms with Gasteiger partial charge in [-0.15, -0.1) is 10.2 Å². The lowest BCUT2D eigenvalue weighted by Crippen LogP contribution is -2.33. The summed E-state index contributed by atoms with van der Waals surface area (Å²) in [6.07, 6.45) is 1.59. The van der Waals surface area contributed by atoms with Crippen LogP contribution in [0, 0.1) is 0 Å². The molecule has 2 N–H and O–H groups in total. The third-order valence-electron chi connectivity index (χ3n) is 1.57. The summed E-state index contributed by atoms with van der Waals surface area (Å²) in [4.78, 5) is 11.0. The lowest BCUT2D eigenvalue weighted by Gasteiger charge is -2.07. The second-order valence-corrected chi connectivity index (χ2v) is 3.65. The molecule has 14 heavy (non-hydrogen) atoms. The van der Waals surface area contributed by atoms with Crippen LogP contribution >= 0.6 is 11.8 Å². The van der Waals surface area contributed by atoms with Crippen LogP contribution in [-0.4, -0.2) is 39.6 Å². The molecule has 0 aliphatic rings. The van der Waals surface area contributed by atoms with E-state index < -0.39 is 12.0 Å². The van der Waals surface area contributed by atoms with Gasteiger partial charge in [-0.3, -0.25) is 4.79 Å². The minimum atomic E-state index is -0.623. The zero-order chi connectivity index (χ0) is 10.6. The van der Waals surface area contributed by atoms with Crippen LogP contribution in [0.4, 0.5) is 0 Å². The largest absolute Gasteiger partial charge is 0.468 e. The highest BCUT2D eigenvalue weighted by Crippen LogP contribution is 2.13. The lowest BCUT2D eigenvalue weighted by molar-refractivity contribution is -0.141. The molecular weight excluding hydrogens is 204 g/mol. The first kappa shape index (κ1) is 11.0. The summed E-state index contributed by atoms with van der Waals surface area (Å²) in [5.74, 6) is 0.0128. The SMILES string of the molecule is COC(=O)[C@@H](N)CSc1nncn1C. The Morgan fingerprint density at radius 3 is 3.07 bits per heavy atom. The fourth-order valence-electron chi connectivity index (χ4n) is 0.787. The molecule has 0 radical (unpaired) electrons. The molecule has 0 fully saturated rings. The first-order valence-electron chi connectivity index (χ1n) is 3.95. The number of hydrogen-bond donors (Lipinski definition) is 1. The first-order valence-corrected chi connectivity index (χ1v) is 4.94. The number of carbonyl (C=O) groups is 1. The maximum Gasteiger partial charge on any atom is 0.323 e. The molecule has 1 atom stereocenters. The number of aryl methyl sites for hydroxylation is 1. The predicted octanol–water partition coefficient (Wildman–Crippen LogP) is -0.593. The van der Waals surface area contributed by atoms with Crippen molar-refractivity contribution in [2.24, 2.45) is 12.8 Å². The van der Waals surface area contributed by atoms with E-state index in [1.165, 1.54) is 18.9 Å². The van der Waals surface area contributed by atoms with Gasteiger partial charge >= 0.3 is 5.97 Å². The smallest absolute Gasteiger partial charge is 0.323 e.